The van der Waals surface area contributed by atoms with Crippen molar-refractivity contribution in [2.24, 2.45) is 0 Å². The summed E-state index contributed by atoms with van der Waals surface area (Å²) in [6, 6.07) is 10.6. The van der Waals surface area contributed by atoms with Gasteiger partial charge in [-0.2, -0.15) is 0 Å². The second-order valence-electron chi connectivity index (χ2n) is 4.27. The number of rotatable bonds is 4. The molecular weight excluding hydrogens is 198 g/mol. The number of benzene rings is 1. The smallest absolute Gasteiger partial charge is 0.0673 e. The summed E-state index contributed by atoms with van der Waals surface area (Å²) in [5, 5.41) is 0. The van der Waals surface area contributed by atoms with Crippen molar-refractivity contribution in [2.45, 2.75) is 13.0 Å². The Labute approximate surface area is 97.5 Å². The summed E-state index contributed by atoms with van der Waals surface area (Å²) in [7, 11) is 1.76. The Kier molecular flexibility index (Phi) is 4.14. The van der Waals surface area contributed by atoms with Gasteiger partial charge in [0.15, 0.2) is 0 Å². The van der Waals surface area contributed by atoms with Crippen molar-refractivity contribution in [3.63, 3.8) is 0 Å². The molecule has 2 heteroatoms. The van der Waals surface area contributed by atoms with Crippen LogP contribution < -0.4 is 0 Å². The molecule has 0 N–H and O–H groups in total. The molecule has 2 nitrogen and oxygen atoms in total. The quantitative estimate of drug-likeness (QED) is 0.718. The molecule has 0 aliphatic carbocycles. The van der Waals surface area contributed by atoms with Gasteiger partial charge in [-0.15, -0.1) is 0 Å². The third kappa shape index (κ3) is 3.19. The Balaban J connectivity index is 1.86. The molecule has 86 valence electrons. The Morgan fingerprint density at radius 3 is 2.69 bits per heavy atom. The molecule has 1 aliphatic rings. The minimum Gasteiger partial charge on any atom is -0.380 e. The van der Waals surface area contributed by atoms with Gasteiger partial charge in [-0.3, -0.25) is 4.90 Å². The average Bonchev–Trinajstić information content (AvgIpc) is 2.33. The van der Waals surface area contributed by atoms with E-state index in [0.717, 1.165) is 32.7 Å². The largest absolute Gasteiger partial charge is 0.380 e. The number of hydrogen-bond acceptors (Lipinski definition) is 2. The number of nitrogens with zero attached hydrogens (tertiary/aromatic N) is 1. The van der Waals surface area contributed by atoms with Gasteiger partial charge in [0.1, 0.15) is 0 Å². The van der Waals surface area contributed by atoms with Gasteiger partial charge in [0, 0.05) is 26.7 Å². The van der Waals surface area contributed by atoms with E-state index in [1.165, 1.54) is 11.1 Å². The van der Waals surface area contributed by atoms with E-state index in [0.29, 0.717) is 0 Å². The summed E-state index contributed by atoms with van der Waals surface area (Å²) in [4.78, 5) is 2.47. The van der Waals surface area contributed by atoms with Crippen molar-refractivity contribution in [1.82, 2.24) is 4.90 Å². The van der Waals surface area contributed by atoms with Crippen LogP contribution in [0.3, 0.4) is 0 Å². The minimum absolute atomic E-state index is 0.791. The first-order valence-electron chi connectivity index (χ1n) is 5.81. The predicted molar refractivity (Wildman–Crippen MR) is 66.3 cm³/mol. The maximum atomic E-state index is 5.15. The predicted octanol–water partition coefficient (Wildman–Crippen LogP) is 2.47. The zero-order chi connectivity index (χ0) is 11.2. The van der Waals surface area contributed by atoms with Crippen LogP contribution in [0.1, 0.15) is 12.0 Å². The van der Waals surface area contributed by atoms with Crippen LogP contribution in [0.2, 0.25) is 0 Å². The van der Waals surface area contributed by atoms with Crippen molar-refractivity contribution in [2.75, 3.05) is 26.8 Å². The van der Waals surface area contributed by atoms with Crippen molar-refractivity contribution in [1.29, 1.82) is 0 Å². The molecule has 2 rings (SSSR count). The van der Waals surface area contributed by atoms with Crippen LogP contribution in [-0.2, 0) is 11.3 Å². The maximum Gasteiger partial charge on any atom is 0.0673 e. The van der Waals surface area contributed by atoms with Gasteiger partial charge in [0.2, 0.25) is 0 Å². The Bertz CT molecular complexity index is 345. The molecule has 1 aliphatic heterocycles. The third-order valence-corrected chi connectivity index (χ3v) is 2.97. The molecule has 0 bridgehead atoms. The molecule has 1 aromatic rings. The summed E-state index contributed by atoms with van der Waals surface area (Å²) >= 11 is 0. The second kappa shape index (κ2) is 5.83. The molecule has 0 aromatic heterocycles. The first-order chi connectivity index (χ1) is 7.88. The van der Waals surface area contributed by atoms with E-state index >= 15 is 0 Å². The molecule has 0 saturated carbocycles. The molecular formula is C14H19NO. The van der Waals surface area contributed by atoms with E-state index in [2.05, 4.69) is 41.3 Å². The van der Waals surface area contributed by atoms with E-state index in [4.69, 9.17) is 4.74 Å². The van der Waals surface area contributed by atoms with Crippen molar-refractivity contribution >= 4 is 0 Å². The van der Waals surface area contributed by atoms with E-state index < -0.39 is 0 Å². The Morgan fingerprint density at radius 1 is 1.25 bits per heavy atom. The molecule has 0 amide bonds. The molecule has 1 heterocycles. The molecule has 16 heavy (non-hydrogen) atoms. The molecule has 0 atom stereocenters. The van der Waals surface area contributed by atoms with Gasteiger partial charge in [-0.1, -0.05) is 36.4 Å². The van der Waals surface area contributed by atoms with Crippen LogP contribution in [-0.4, -0.2) is 31.7 Å². The van der Waals surface area contributed by atoms with Crippen LogP contribution in [0.15, 0.2) is 42.0 Å². The van der Waals surface area contributed by atoms with Crippen molar-refractivity contribution < 1.29 is 4.74 Å². The SMILES string of the molecule is COCC1=CCN(Cc2ccccc2)CC1. The third-order valence-electron chi connectivity index (χ3n) is 2.97. The van der Waals surface area contributed by atoms with Crippen LogP contribution in [0, 0.1) is 0 Å². The fraction of sp³-hybridized carbons (Fsp3) is 0.429. The van der Waals surface area contributed by atoms with Gasteiger partial charge in [-0.25, -0.2) is 0 Å². The molecule has 0 spiro atoms. The van der Waals surface area contributed by atoms with E-state index in [-0.39, 0.29) is 0 Å². The normalized spacial score (nSPS) is 17.2. The molecule has 0 fully saturated rings. The van der Waals surface area contributed by atoms with E-state index in [1.54, 1.807) is 7.11 Å². The highest BCUT2D eigenvalue weighted by atomic mass is 16.5. The lowest BCUT2D eigenvalue weighted by Gasteiger charge is -2.26. The number of methoxy groups -OCH3 is 1. The molecule has 0 saturated heterocycles. The molecule has 1 aromatic carbocycles. The highest BCUT2D eigenvalue weighted by Crippen LogP contribution is 2.13. The fourth-order valence-corrected chi connectivity index (χ4v) is 2.05. The van der Waals surface area contributed by atoms with Gasteiger partial charge < -0.3 is 4.74 Å². The number of hydrogen-bond donors (Lipinski definition) is 0. The molecule has 0 radical (unpaired) electrons. The fourth-order valence-electron chi connectivity index (χ4n) is 2.05. The average molecular weight is 217 g/mol. The van der Waals surface area contributed by atoms with Crippen LogP contribution in [0.4, 0.5) is 0 Å². The summed E-state index contributed by atoms with van der Waals surface area (Å²) < 4.78 is 5.15. The van der Waals surface area contributed by atoms with Crippen LogP contribution in [0.5, 0.6) is 0 Å². The maximum absolute atomic E-state index is 5.15. The lowest BCUT2D eigenvalue weighted by Crippen LogP contribution is -2.28. The number of ether oxygens (including phenoxy) is 1. The second-order valence-corrected chi connectivity index (χ2v) is 4.27. The topological polar surface area (TPSA) is 12.5 Å². The Hall–Kier alpha value is -1.12. The first kappa shape index (κ1) is 11.4. The van der Waals surface area contributed by atoms with Gasteiger partial charge in [0.05, 0.1) is 6.61 Å². The van der Waals surface area contributed by atoms with E-state index in [1.807, 2.05) is 0 Å². The zero-order valence-electron chi connectivity index (χ0n) is 9.86. The summed E-state index contributed by atoms with van der Waals surface area (Å²) in [5.74, 6) is 0. The lowest BCUT2D eigenvalue weighted by molar-refractivity contribution is 0.210. The summed E-state index contributed by atoms with van der Waals surface area (Å²) in [5.41, 5.74) is 2.83. The summed E-state index contributed by atoms with van der Waals surface area (Å²) in [6.07, 6.45) is 3.44. The standard InChI is InChI=1S/C14H19NO/c1-16-12-14-7-9-15(10-8-14)11-13-5-3-2-4-6-13/h2-7H,8-12H2,1H3. The van der Waals surface area contributed by atoms with Gasteiger partial charge in [0.25, 0.3) is 0 Å². The Morgan fingerprint density at radius 2 is 2.06 bits per heavy atom. The zero-order valence-corrected chi connectivity index (χ0v) is 9.86. The first-order valence-corrected chi connectivity index (χ1v) is 5.81. The van der Waals surface area contributed by atoms with Crippen LogP contribution >= 0.6 is 0 Å². The highest BCUT2D eigenvalue weighted by molar-refractivity contribution is 5.15. The monoisotopic (exact) mass is 217 g/mol. The van der Waals surface area contributed by atoms with Gasteiger partial charge in [-0.05, 0) is 17.6 Å². The lowest BCUT2D eigenvalue weighted by atomic mass is 10.1. The molecule has 0 unspecified atom stereocenters. The van der Waals surface area contributed by atoms with Crippen molar-refractivity contribution in [3.05, 3.63) is 47.5 Å². The van der Waals surface area contributed by atoms with Crippen LogP contribution in [0.25, 0.3) is 0 Å². The van der Waals surface area contributed by atoms with E-state index in [9.17, 15) is 0 Å². The highest BCUT2D eigenvalue weighted by Gasteiger charge is 2.11. The summed E-state index contributed by atoms with van der Waals surface area (Å²) in [6.45, 7) is 4.04. The van der Waals surface area contributed by atoms with Crippen molar-refractivity contribution in [3.8, 4) is 0 Å². The minimum atomic E-state index is 0.791. The van der Waals surface area contributed by atoms with Gasteiger partial charge >= 0.3 is 0 Å².